The second-order valence-electron chi connectivity index (χ2n) is 4.08. The monoisotopic (exact) mass is 263 g/mol. The van der Waals surface area contributed by atoms with Gasteiger partial charge in [-0.25, -0.2) is 0 Å². The van der Waals surface area contributed by atoms with Gasteiger partial charge in [0.2, 0.25) is 5.91 Å². The molecular weight excluding hydrogens is 242 g/mol. The third kappa shape index (κ3) is 7.36. The molecule has 0 aromatic carbocycles. The van der Waals surface area contributed by atoms with Crippen LogP contribution in [0.1, 0.15) is 46.5 Å². The molecule has 0 fully saturated rings. The summed E-state index contributed by atoms with van der Waals surface area (Å²) < 4.78 is 0. The van der Waals surface area contributed by atoms with E-state index in [1.165, 1.54) is 0 Å². The van der Waals surface area contributed by atoms with Crippen molar-refractivity contribution in [1.82, 2.24) is 5.32 Å². The minimum Gasteiger partial charge on any atom is -0.353 e. The molecular formula is C11H22BrNO. The van der Waals surface area contributed by atoms with Gasteiger partial charge in [0.25, 0.3) is 0 Å². The average molecular weight is 264 g/mol. The first-order valence-electron chi connectivity index (χ1n) is 5.45. The molecule has 0 saturated heterocycles. The summed E-state index contributed by atoms with van der Waals surface area (Å²) in [4.78, 5) is 11.5. The Morgan fingerprint density at radius 2 is 2.00 bits per heavy atom. The molecule has 0 bridgehead atoms. The van der Waals surface area contributed by atoms with E-state index in [-0.39, 0.29) is 5.91 Å². The predicted octanol–water partition coefficient (Wildman–Crippen LogP) is 3.10. The van der Waals surface area contributed by atoms with Crippen molar-refractivity contribution in [1.29, 1.82) is 0 Å². The van der Waals surface area contributed by atoms with Crippen LogP contribution < -0.4 is 5.32 Å². The molecule has 1 unspecified atom stereocenters. The van der Waals surface area contributed by atoms with E-state index >= 15 is 0 Å². The fourth-order valence-corrected chi connectivity index (χ4v) is 1.78. The van der Waals surface area contributed by atoms with Crippen molar-refractivity contribution in [3.8, 4) is 0 Å². The Kier molecular flexibility index (Phi) is 8.24. The first-order chi connectivity index (χ1) is 6.60. The van der Waals surface area contributed by atoms with E-state index in [9.17, 15) is 4.79 Å². The lowest BCUT2D eigenvalue weighted by Gasteiger charge is -2.15. The van der Waals surface area contributed by atoms with Gasteiger partial charge >= 0.3 is 0 Å². The van der Waals surface area contributed by atoms with Crippen LogP contribution in [-0.4, -0.2) is 17.3 Å². The zero-order chi connectivity index (χ0) is 11.0. The highest BCUT2D eigenvalue weighted by molar-refractivity contribution is 9.09. The maximum absolute atomic E-state index is 11.5. The molecule has 14 heavy (non-hydrogen) atoms. The summed E-state index contributed by atoms with van der Waals surface area (Å²) in [7, 11) is 0. The van der Waals surface area contributed by atoms with Crippen LogP contribution >= 0.6 is 15.9 Å². The van der Waals surface area contributed by atoms with Gasteiger partial charge in [-0.05, 0) is 25.2 Å². The molecule has 1 N–H and O–H groups in total. The Labute approximate surface area is 96.0 Å². The minimum absolute atomic E-state index is 0.200. The summed E-state index contributed by atoms with van der Waals surface area (Å²) in [6.07, 6.45) is 3.68. The number of hydrogen-bond donors (Lipinski definition) is 1. The van der Waals surface area contributed by atoms with Gasteiger partial charge in [-0.15, -0.1) is 0 Å². The average Bonchev–Trinajstić information content (AvgIpc) is 2.14. The maximum Gasteiger partial charge on any atom is 0.220 e. The van der Waals surface area contributed by atoms with Gasteiger partial charge in [-0.3, -0.25) is 4.79 Å². The van der Waals surface area contributed by atoms with Crippen LogP contribution in [0.5, 0.6) is 0 Å². The molecule has 0 rings (SSSR count). The van der Waals surface area contributed by atoms with Gasteiger partial charge in [0, 0.05) is 17.8 Å². The Morgan fingerprint density at radius 1 is 1.36 bits per heavy atom. The molecule has 84 valence electrons. The Bertz CT molecular complexity index is 159. The van der Waals surface area contributed by atoms with Gasteiger partial charge in [-0.1, -0.05) is 36.7 Å². The van der Waals surface area contributed by atoms with Crippen LogP contribution in [0.15, 0.2) is 0 Å². The van der Waals surface area contributed by atoms with E-state index in [0.29, 0.717) is 18.4 Å². The fourth-order valence-electron chi connectivity index (χ4n) is 1.23. The zero-order valence-electron chi connectivity index (χ0n) is 9.48. The molecule has 2 nitrogen and oxygen atoms in total. The van der Waals surface area contributed by atoms with Crippen LogP contribution in [0, 0.1) is 5.92 Å². The SMILES string of the molecule is CCC(CCBr)NC(=O)CCC(C)C. The van der Waals surface area contributed by atoms with E-state index in [2.05, 4.69) is 42.0 Å². The van der Waals surface area contributed by atoms with E-state index in [4.69, 9.17) is 0 Å². The summed E-state index contributed by atoms with van der Waals surface area (Å²) in [5.41, 5.74) is 0. The number of carbonyl (C=O) groups is 1. The molecule has 0 aliphatic rings. The quantitative estimate of drug-likeness (QED) is 0.703. The van der Waals surface area contributed by atoms with Gasteiger partial charge in [0.1, 0.15) is 0 Å². The summed E-state index contributed by atoms with van der Waals surface area (Å²) in [6.45, 7) is 6.39. The summed E-state index contributed by atoms with van der Waals surface area (Å²) in [6, 6.07) is 0.342. The zero-order valence-corrected chi connectivity index (χ0v) is 11.1. The molecule has 0 spiro atoms. The van der Waals surface area contributed by atoms with Gasteiger partial charge < -0.3 is 5.32 Å². The molecule has 0 radical (unpaired) electrons. The number of nitrogens with one attached hydrogen (secondary N) is 1. The Balaban J connectivity index is 3.67. The third-order valence-corrected chi connectivity index (χ3v) is 2.72. The number of hydrogen-bond acceptors (Lipinski definition) is 1. The van der Waals surface area contributed by atoms with Gasteiger partial charge in [-0.2, -0.15) is 0 Å². The van der Waals surface area contributed by atoms with E-state index in [1.54, 1.807) is 0 Å². The standard InChI is InChI=1S/C11H22BrNO/c1-4-10(7-8-12)13-11(14)6-5-9(2)3/h9-10H,4-8H2,1-3H3,(H,13,14). The number of carbonyl (C=O) groups excluding carboxylic acids is 1. The van der Waals surface area contributed by atoms with Crippen LogP contribution in [0.2, 0.25) is 0 Å². The molecule has 1 amide bonds. The predicted molar refractivity (Wildman–Crippen MR) is 64.7 cm³/mol. The molecule has 0 heterocycles. The van der Waals surface area contributed by atoms with Crippen LogP contribution in [-0.2, 0) is 4.79 Å². The van der Waals surface area contributed by atoms with Gasteiger partial charge in [0.15, 0.2) is 0 Å². The molecule has 0 aromatic heterocycles. The van der Waals surface area contributed by atoms with Crippen LogP contribution in [0.4, 0.5) is 0 Å². The lowest BCUT2D eigenvalue weighted by Crippen LogP contribution is -2.34. The normalized spacial score (nSPS) is 12.9. The van der Waals surface area contributed by atoms with Crippen molar-refractivity contribution in [2.75, 3.05) is 5.33 Å². The molecule has 1 atom stereocenters. The number of rotatable bonds is 7. The van der Waals surface area contributed by atoms with Crippen molar-refractivity contribution in [2.45, 2.75) is 52.5 Å². The lowest BCUT2D eigenvalue weighted by molar-refractivity contribution is -0.122. The van der Waals surface area contributed by atoms with Crippen molar-refractivity contribution >= 4 is 21.8 Å². The number of alkyl halides is 1. The topological polar surface area (TPSA) is 29.1 Å². The van der Waals surface area contributed by atoms with E-state index in [0.717, 1.165) is 24.6 Å². The summed E-state index contributed by atoms with van der Waals surface area (Å²) >= 11 is 3.39. The highest BCUT2D eigenvalue weighted by atomic mass is 79.9. The van der Waals surface area contributed by atoms with Gasteiger partial charge in [0.05, 0.1) is 0 Å². The fraction of sp³-hybridized carbons (Fsp3) is 0.909. The first kappa shape index (κ1) is 13.9. The van der Waals surface area contributed by atoms with Crippen molar-refractivity contribution < 1.29 is 4.79 Å². The van der Waals surface area contributed by atoms with Crippen molar-refractivity contribution in [2.24, 2.45) is 5.92 Å². The van der Waals surface area contributed by atoms with Crippen LogP contribution in [0.3, 0.4) is 0 Å². The Hall–Kier alpha value is -0.0500. The number of amides is 1. The highest BCUT2D eigenvalue weighted by Crippen LogP contribution is 2.05. The first-order valence-corrected chi connectivity index (χ1v) is 6.57. The van der Waals surface area contributed by atoms with Crippen molar-refractivity contribution in [3.63, 3.8) is 0 Å². The summed E-state index contributed by atoms with van der Waals surface area (Å²) in [5, 5.41) is 4.01. The second-order valence-corrected chi connectivity index (χ2v) is 4.88. The Morgan fingerprint density at radius 3 is 2.43 bits per heavy atom. The summed E-state index contributed by atoms with van der Waals surface area (Å²) in [5.74, 6) is 0.809. The molecule has 3 heteroatoms. The van der Waals surface area contributed by atoms with Crippen molar-refractivity contribution in [3.05, 3.63) is 0 Å². The minimum atomic E-state index is 0.200. The molecule has 0 aliphatic heterocycles. The van der Waals surface area contributed by atoms with Crippen LogP contribution in [0.25, 0.3) is 0 Å². The molecule has 0 aromatic rings. The molecule has 0 saturated carbocycles. The third-order valence-electron chi connectivity index (χ3n) is 2.26. The molecule has 0 aliphatic carbocycles. The maximum atomic E-state index is 11.5. The highest BCUT2D eigenvalue weighted by Gasteiger charge is 2.09. The largest absolute Gasteiger partial charge is 0.353 e. The van der Waals surface area contributed by atoms with E-state index < -0.39 is 0 Å². The second kappa shape index (κ2) is 8.27. The lowest BCUT2D eigenvalue weighted by atomic mass is 10.1. The number of halogens is 1. The smallest absolute Gasteiger partial charge is 0.220 e. The van der Waals surface area contributed by atoms with E-state index in [1.807, 2.05) is 0 Å².